The van der Waals surface area contributed by atoms with Crippen LogP contribution in [0.1, 0.15) is 17.2 Å². The van der Waals surface area contributed by atoms with Crippen LogP contribution in [-0.2, 0) is 21.8 Å². The molecule has 7 nitrogen and oxygen atoms in total. The minimum atomic E-state index is -3.81. The number of halogens is 1. The van der Waals surface area contributed by atoms with Crippen molar-refractivity contribution < 1.29 is 13.2 Å². The Hall–Kier alpha value is -1.92. The number of nitrogens with zero attached hydrogens (tertiary/aromatic N) is 4. The predicted octanol–water partition coefficient (Wildman–Crippen LogP) is 1.71. The van der Waals surface area contributed by atoms with Crippen LogP contribution in [0.2, 0.25) is 5.02 Å². The molecule has 126 valence electrons. The number of nitriles is 1. The largest absolute Gasteiger partial charge is 0.371 e. The second kappa shape index (κ2) is 6.53. The van der Waals surface area contributed by atoms with Crippen LogP contribution in [0.3, 0.4) is 0 Å². The van der Waals surface area contributed by atoms with Crippen LogP contribution < -0.4 is 0 Å². The fourth-order valence-corrected chi connectivity index (χ4v) is 4.32. The quantitative estimate of drug-likeness (QED) is 0.825. The molecule has 1 aromatic carbocycles. The Balaban J connectivity index is 1.91. The number of morpholine rings is 1. The van der Waals surface area contributed by atoms with E-state index in [1.54, 1.807) is 24.1 Å². The zero-order chi connectivity index (χ0) is 17.3. The van der Waals surface area contributed by atoms with Crippen LogP contribution in [0, 0.1) is 11.3 Å². The number of benzene rings is 1. The molecule has 3 rings (SSSR count). The summed E-state index contributed by atoms with van der Waals surface area (Å²) in [4.78, 5) is -0.0405. The lowest BCUT2D eigenvalue weighted by Gasteiger charge is -2.31. The lowest BCUT2D eigenvalue weighted by atomic mass is 10.2. The van der Waals surface area contributed by atoms with Crippen LogP contribution in [0.25, 0.3) is 0 Å². The highest BCUT2D eigenvalue weighted by molar-refractivity contribution is 7.89. The van der Waals surface area contributed by atoms with Crippen molar-refractivity contribution in [3.63, 3.8) is 0 Å². The SMILES string of the molecule is Cn1cc(C2CN(S(=O)(=O)c3ccc(Cl)cc3C#N)CCO2)cn1. The molecule has 0 saturated carbocycles. The third-order valence-electron chi connectivity index (χ3n) is 3.81. The van der Waals surface area contributed by atoms with Crippen LogP contribution in [0.5, 0.6) is 0 Å². The number of aryl methyl sites for hydroxylation is 1. The number of ether oxygens (including phenoxy) is 1. The monoisotopic (exact) mass is 366 g/mol. The molecular formula is C15H15ClN4O3S. The van der Waals surface area contributed by atoms with Gasteiger partial charge in [0.25, 0.3) is 0 Å². The Bertz CT molecular complexity index is 904. The maximum absolute atomic E-state index is 12.9. The van der Waals surface area contributed by atoms with Crippen molar-refractivity contribution in [1.29, 1.82) is 5.26 Å². The van der Waals surface area contributed by atoms with E-state index in [0.29, 0.717) is 5.02 Å². The predicted molar refractivity (Wildman–Crippen MR) is 86.8 cm³/mol. The van der Waals surface area contributed by atoms with E-state index in [0.717, 1.165) is 5.56 Å². The molecule has 0 N–H and O–H groups in total. The number of sulfonamides is 1. The van der Waals surface area contributed by atoms with Gasteiger partial charge in [0, 0.05) is 36.9 Å². The minimum Gasteiger partial charge on any atom is -0.371 e. The molecule has 1 aliphatic heterocycles. The van der Waals surface area contributed by atoms with Crippen molar-refractivity contribution in [3.05, 3.63) is 46.7 Å². The van der Waals surface area contributed by atoms with Crippen molar-refractivity contribution in [3.8, 4) is 6.07 Å². The molecule has 1 aliphatic rings. The number of hydrogen-bond acceptors (Lipinski definition) is 5. The Morgan fingerprint density at radius 2 is 2.25 bits per heavy atom. The molecule has 1 atom stereocenters. The van der Waals surface area contributed by atoms with Gasteiger partial charge in [-0.1, -0.05) is 11.6 Å². The second-order valence-electron chi connectivity index (χ2n) is 5.42. The van der Waals surface area contributed by atoms with Gasteiger partial charge in [0.1, 0.15) is 11.0 Å². The molecule has 0 radical (unpaired) electrons. The van der Waals surface area contributed by atoms with E-state index >= 15 is 0 Å². The molecule has 9 heteroatoms. The number of hydrogen-bond donors (Lipinski definition) is 0. The molecule has 0 amide bonds. The zero-order valence-electron chi connectivity index (χ0n) is 12.9. The van der Waals surface area contributed by atoms with Gasteiger partial charge in [-0.3, -0.25) is 4.68 Å². The Morgan fingerprint density at radius 3 is 2.92 bits per heavy atom. The van der Waals surface area contributed by atoms with Crippen LogP contribution in [-0.4, -0.2) is 42.2 Å². The molecule has 0 bridgehead atoms. The summed E-state index contributed by atoms with van der Waals surface area (Å²) in [6, 6.07) is 6.08. The highest BCUT2D eigenvalue weighted by atomic mass is 35.5. The van der Waals surface area contributed by atoms with Gasteiger partial charge in [-0.05, 0) is 18.2 Å². The Morgan fingerprint density at radius 1 is 1.46 bits per heavy atom. The molecule has 0 aliphatic carbocycles. The summed E-state index contributed by atoms with van der Waals surface area (Å²) in [5.41, 5.74) is 0.848. The maximum Gasteiger partial charge on any atom is 0.244 e. The molecule has 2 aromatic rings. The van der Waals surface area contributed by atoms with Crippen molar-refractivity contribution in [1.82, 2.24) is 14.1 Å². The summed E-state index contributed by atoms with van der Waals surface area (Å²) in [6.07, 6.45) is 3.06. The lowest BCUT2D eigenvalue weighted by Crippen LogP contribution is -2.42. The van der Waals surface area contributed by atoms with E-state index < -0.39 is 10.0 Å². The first-order chi connectivity index (χ1) is 11.4. The highest BCUT2D eigenvalue weighted by Gasteiger charge is 2.33. The highest BCUT2D eigenvalue weighted by Crippen LogP contribution is 2.28. The first kappa shape index (κ1) is 16.9. The molecule has 1 aromatic heterocycles. The van der Waals surface area contributed by atoms with Gasteiger partial charge < -0.3 is 4.74 Å². The molecule has 24 heavy (non-hydrogen) atoms. The van der Waals surface area contributed by atoms with Gasteiger partial charge >= 0.3 is 0 Å². The van der Waals surface area contributed by atoms with E-state index in [9.17, 15) is 13.7 Å². The molecule has 1 unspecified atom stereocenters. The fourth-order valence-electron chi connectivity index (χ4n) is 2.61. The summed E-state index contributed by atoms with van der Waals surface area (Å²) in [6.45, 7) is 0.669. The molecule has 2 heterocycles. The number of aromatic nitrogens is 2. The van der Waals surface area contributed by atoms with Crippen LogP contribution in [0.15, 0.2) is 35.5 Å². The van der Waals surface area contributed by atoms with E-state index in [2.05, 4.69) is 5.10 Å². The van der Waals surface area contributed by atoms with E-state index in [1.807, 2.05) is 6.07 Å². The van der Waals surface area contributed by atoms with Crippen LogP contribution in [0.4, 0.5) is 0 Å². The van der Waals surface area contributed by atoms with Gasteiger partial charge in [-0.25, -0.2) is 8.42 Å². The summed E-state index contributed by atoms with van der Waals surface area (Å²) in [5, 5.41) is 13.6. The third-order valence-corrected chi connectivity index (χ3v) is 5.96. The summed E-state index contributed by atoms with van der Waals surface area (Å²) in [5.74, 6) is 0. The average molecular weight is 367 g/mol. The first-order valence-electron chi connectivity index (χ1n) is 7.22. The zero-order valence-corrected chi connectivity index (χ0v) is 14.5. The summed E-state index contributed by atoms with van der Waals surface area (Å²) in [7, 11) is -2.03. The van der Waals surface area contributed by atoms with E-state index in [-0.39, 0.29) is 36.3 Å². The molecule has 0 spiro atoms. The maximum atomic E-state index is 12.9. The Kier molecular flexibility index (Phi) is 4.60. The molecule has 1 fully saturated rings. The molecule has 1 saturated heterocycles. The Labute approximate surface area is 145 Å². The van der Waals surface area contributed by atoms with Gasteiger partial charge in [0.2, 0.25) is 10.0 Å². The summed E-state index contributed by atoms with van der Waals surface area (Å²) < 4.78 is 34.5. The minimum absolute atomic E-state index is 0.0342. The van der Waals surface area contributed by atoms with E-state index in [4.69, 9.17) is 16.3 Å². The van der Waals surface area contributed by atoms with Crippen molar-refractivity contribution in [2.24, 2.45) is 7.05 Å². The van der Waals surface area contributed by atoms with Gasteiger partial charge in [-0.15, -0.1) is 0 Å². The average Bonchev–Trinajstić information content (AvgIpc) is 3.01. The van der Waals surface area contributed by atoms with Gasteiger partial charge in [0.05, 0.1) is 24.5 Å². The normalized spacial score (nSPS) is 19.1. The second-order valence-corrected chi connectivity index (χ2v) is 7.76. The van der Waals surface area contributed by atoms with Crippen LogP contribution >= 0.6 is 11.6 Å². The van der Waals surface area contributed by atoms with E-state index in [1.165, 1.54) is 22.5 Å². The molecular weight excluding hydrogens is 352 g/mol. The summed E-state index contributed by atoms with van der Waals surface area (Å²) >= 11 is 5.85. The van der Waals surface area contributed by atoms with Crippen molar-refractivity contribution in [2.75, 3.05) is 19.7 Å². The van der Waals surface area contributed by atoms with Crippen molar-refractivity contribution in [2.45, 2.75) is 11.0 Å². The third kappa shape index (κ3) is 3.16. The van der Waals surface area contributed by atoms with Gasteiger partial charge in [0.15, 0.2) is 0 Å². The smallest absolute Gasteiger partial charge is 0.244 e. The lowest BCUT2D eigenvalue weighted by molar-refractivity contribution is -0.00259. The number of rotatable bonds is 3. The van der Waals surface area contributed by atoms with Gasteiger partial charge in [-0.2, -0.15) is 14.7 Å². The first-order valence-corrected chi connectivity index (χ1v) is 9.03. The standard InChI is InChI=1S/C15H15ClN4O3S/c1-19-9-12(8-18-19)14-10-20(4-5-23-14)24(21,22)15-3-2-13(16)6-11(15)7-17/h2-3,6,8-9,14H,4-5,10H2,1H3. The van der Waals surface area contributed by atoms with Crippen molar-refractivity contribution >= 4 is 21.6 Å². The fraction of sp³-hybridized carbons (Fsp3) is 0.333. The topological polar surface area (TPSA) is 88.2 Å².